The molecule has 0 bridgehead atoms. The van der Waals surface area contributed by atoms with E-state index in [1.807, 2.05) is 12.5 Å². The van der Waals surface area contributed by atoms with Crippen LogP contribution in [0, 0.1) is 0 Å². The lowest BCUT2D eigenvalue weighted by molar-refractivity contribution is 0.183. The number of methoxy groups -OCH3 is 1. The Kier molecular flexibility index (Phi) is 5.13. The standard InChI is InChI=1S/C14H21N3OS/c1-12(14-5-4-8-19-14)16(2)10-13-9-15-11-17(13)6-7-18-3/h4-5,8-9,11-12H,6-7,10H2,1-3H3. The highest BCUT2D eigenvalue weighted by molar-refractivity contribution is 7.10. The van der Waals surface area contributed by atoms with E-state index < -0.39 is 0 Å². The van der Waals surface area contributed by atoms with Gasteiger partial charge in [-0.05, 0) is 25.4 Å². The highest BCUT2D eigenvalue weighted by Crippen LogP contribution is 2.24. The Morgan fingerprint density at radius 3 is 3.05 bits per heavy atom. The minimum atomic E-state index is 0.422. The van der Waals surface area contributed by atoms with Crippen molar-refractivity contribution in [2.45, 2.75) is 26.1 Å². The third-order valence-electron chi connectivity index (χ3n) is 3.36. The summed E-state index contributed by atoms with van der Waals surface area (Å²) < 4.78 is 7.27. The summed E-state index contributed by atoms with van der Waals surface area (Å²) in [5.74, 6) is 0. The molecule has 2 rings (SSSR count). The zero-order valence-corrected chi connectivity index (χ0v) is 12.6. The Hall–Kier alpha value is -1.17. The molecule has 0 saturated carbocycles. The van der Waals surface area contributed by atoms with Crippen LogP contribution in [0.1, 0.15) is 23.5 Å². The average molecular weight is 279 g/mol. The lowest BCUT2D eigenvalue weighted by Crippen LogP contribution is -2.23. The first-order valence-electron chi connectivity index (χ1n) is 6.44. The van der Waals surface area contributed by atoms with Crippen LogP contribution in [0.25, 0.3) is 0 Å². The molecular weight excluding hydrogens is 258 g/mol. The zero-order valence-electron chi connectivity index (χ0n) is 11.7. The summed E-state index contributed by atoms with van der Waals surface area (Å²) >= 11 is 1.81. The van der Waals surface area contributed by atoms with E-state index in [9.17, 15) is 0 Å². The molecule has 0 aliphatic heterocycles. The Labute approximate surface area is 118 Å². The zero-order chi connectivity index (χ0) is 13.7. The van der Waals surface area contributed by atoms with Crippen molar-refractivity contribution in [3.05, 3.63) is 40.6 Å². The van der Waals surface area contributed by atoms with Crippen molar-refractivity contribution < 1.29 is 4.74 Å². The number of hydrogen-bond acceptors (Lipinski definition) is 4. The molecule has 0 N–H and O–H groups in total. The van der Waals surface area contributed by atoms with Crippen LogP contribution >= 0.6 is 11.3 Å². The average Bonchev–Trinajstić information content (AvgIpc) is 3.07. The van der Waals surface area contributed by atoms with E-state index in [1.165, 1.54) is 10.6 Å². The van der Waals surface area contributed by atoms with E-state index in [4.69, 9.17) is 4.74 Å². The quantitative estimate of drug-likeness (QED) is 0.780. The first-order valence-corrected chi connectivity index (χ1v) is 7.32. The number of imidazole rings is 1. The van der Waals surface area contributed by atoms with E-state index in [-0.39, 0.29) is 0 Å². The summed E-state index contributed by atoms with van der Waals surface area (Å²) in [5, 5.41) is 2.13. The molecule has 5 heteroatoms. The largest absolute Gasteiger partial charge is 0.383 e. The molecule has 0 aliphatic carbocycles. The minimum Gasteiger partial charge on any atom is -0.383 e. The highest BCUT2D eigenvalue weighted by Gasteiger charge is 2.14. The molecule has 0 fully saturated rings. The molecule has 104 valence electrons. The Balaban J connectivity index is 1.98. The molecule has 2 aromatic heterocycles. The van der Waals surface area contributed by atoms with Gasteiger partial charge >= 0.3 is 0 Å². The van der Waals surface area contributed by atoms with Crippen LogP contribution in [-0.2, 0) is 17.8 Å². The number of aromatic nitrogens is 2. The van der Waals surface area contributed by atoms with Gasteiger partial charge in [-0.3, -0.25) is 4.90 Å². The number of hydrogen-bond donors (Lipinski definition) is 0. The summed E-state index contributed by atoms with van der Waals surface area (Å²) in [6, 6.07) is 4.71. The Morgan fingerprint density at radius 1 is 1.53 bits per heavy atom. The predicted octanol–water partition coefficient (Wildman–Crippen LogP) is 2.78. The van der Waals surface area contributed by atoms with Gasteiger partial charge in [-0.15, -0.1) is 11.3 Å². The fourth-order valence-electron chi connectivity index (χ4n) is 2.01. The van der Waals surface area contributed by atoms with Crippen LogP contribution in [-0.4, -0.2) is 35.2 Å². The summed E-state index contributed by atoms with van der Waals surface area (Å²) in [5.41, 5.74) is 1.22. The molecule has 0 aromatic carbocycles. The molecule has 0 spiro atoms. The third-order valence-corrected chi connectivity index (χ3v) is 4.40. The van der Waals surface area contributed by atoms with Gasteiger partial charge in [-0.25, -0.2) is 4.98 Å². The van der Waals surface area contributed by atoms with Crippen LogP contribution in [0.3, 0.4) is 0 Å². The molecule has 1 unspecified atom stereocenters. The number of ether oxygens (including phenoxy) is 1. The summed E-state index contributed by atoms with van der Waals surface area (Å²) in [4.78, 5) is 7.97. The molecule has 2 heterocycles. The van der Waals surface area contributed by atoms with Crippen LogP contribution < -0.4 is 0 Å². The van der Waals surface area contributed by atoms with Gasteiger partial charge in [0.25, 0.3) is 0 Å². The topological polar surface area (TPSA) is 30.3 Å². The first-order chi connectivity index (χ1) is 9.22. The van der Waals surface area contributed by atoms with Gasteiger partial charge in [0, 0.05) is 37.3 Å². The van der Waals surface area contributed by atoms with Crippen molar-refractivity contribution in [2.24, 2.45) is 0 Å². The van der Waals surface area contributed by atoms with E-state index in [1.54, 1.807) is 18.4 Å². The molecule has 0 saturated heterocycles. The van der Waals surface area contributed by atoms with Crippen LogP contribution in [0.15, 0.2) is 30.0 Å². The molecule has 4 nitrogen and oxygen atoms in total. The van der Waals surface area contributed by atoms with Gasteiger partial charge in [0.1, 0.15) is 0 Å². The second-order valence-electron chi connectivity index (χ2n) is 4.68. The fourth-order valence-corrected chi connectivity index (χ4v) is 2.86. The predicted molar refractivity (Wildman–Crippen MR) is 78.3 cm³/mol. The molecule has 2 aromatic rings. The third kappa shape index (κ3) is 3.65. The van der Waals surface area contributed by atoms with Gasteiger partial charge in [-0.1, -0.05) is 6.07 Å². The maximum absolute atomic E-state index is 5.12. The van der Waals surface area contributed by atoms with Crippen molar-refractivity contribution in [1.82, 2.24) is 14.5 Å². The van der Waals surface area contributed by atoms with Gasteiger partial charge in [-0.2, -0.15) is 0 Å². The van der Waals surface area contributed by atoms with Crippen molar-refractivity contribution in [3.8, 4) is 0 Å². The molecule has 0 radical (unpaired) electrons. The minimum absolute atomic E-state index is 0.422. The van der Waals surface area contributed by atoms with Gasteiger partial charge in [0.05, 0.1) is 18.6 Å². The fraction of sp³-hybridized carbons (Fsp3) is 0.500. The number of rotatable bonds is 7. The summed E-state index contributed by atoms with van der Waals surface area (Å²) in [6.45, 7) is 4.70. The second kappa shape index (κ2) is 6.84. The van der Waals surface area contributed by atoms with E-state index >= 15 is 0 Å². The molecule has 1 atom stereocenters. The monoisotopic (exact) mass is 279 g/mol. The highest BCUT2D eigenvalue weighted by atomic mass is 32.1. The van der Waals surface area contributed by atoms with Gasteiger partial charge in [0.2, 0.25) is 0 Å². The van der Waals surface area contributed by atoms with Crippen LogP contribution in [0.4, 0.5) is 0 Å². The Morgan fingerprint density at radius 2 is 2.37 bits per heavy atom. The summed E-state index contributed by atoms with van der Waals surface area (Å²) in [7, 11) is 3.87. The van der Waals surface area contributed by atoms with Crippen molar-refractivity contribution in [2.75, 3.05) is 20.8 Å². The normalized spacial score (nSPS) is 13.1. The van der Waals surface area contributed by atoms with Crippen LogP contribution in [0.5, 0.6) is 0 Å². The lowest BCUT2D eigenvalue weighted by Gasteiger charge is -2.24. The molecule has 19 heavy (non-hydrogen) atoms. The Bertz CT molecular complexity index is 481. The maximum Gasteiger partial charge on any atom is 0.0949 e. The second-order valence-corrected chi connectivity index (χ2v) is 5.66. The molecule has 0 aliphatic rings. The molecular formula is C14H21N3OS. The lowest BCUT2D eigenvalue weighted by atomic mass is 10.2. The number of nitrogens with zero attached hydrogens (tertiary/aromatic N) is 3. The van der Waals surface area contributed by atoms with Gasteiger partial charge < -0.3 is 9.30 Å². The smallest absolute Gasteiger partial charge is 0.0949 e. The van der Waals surface area contributed by atoms with Crippen molar-refractivity contribution in [3.63, 3.8) is 0 Å². The number of thiophene rings is 1. The SMILES string of the molecule is COCCn1cncc1CN(C)C(C)c1cccs1. The van der Waals surface area contributed by atoms with E-state index in [0.29, 0.717) is 12.6 Å². The van der Waals surface area contributed by atoms with Crippen LogP contribution in [0.2, 0.25) is 0 Å². The summed E-state index contributed by atoms with van der Waals surface area (Å²) in [6.07, 6.45) is 3.81. The van der Waals surface area contributed by atoms with E-state index in [0.717, 1.165) is 13.1 Å². The molecule has 0 amide bonds. The van der Waals surface area contributed by atoms with Crippen molar-refractivity contribution >= 4 is 11.3 Å². The van der Waals surface area contributed by atoms with Gasteiger partial charge in [0.15, 0.2) is 0 Å². The van der Waals surface area contributed by atoms with Crippen molar-refractivity contribution in [1.29, 1.82) is 0 Å². The maximum atomic E-state index is 5.12. The first kappa shape index (κ1) is 14.2. The van der Waals surface area contributed by atoms with E-state index in [2.05, 4.69) is 45.9 Å².